The molecule has 0 bridgehead atoms. The molecule has 1 heterocycles. The first-order valence-electron chi connectivity index (χ1n) is 10.1. The van der Waals surface area contributed by atoms with Gasteiger partial charge in [0.25, 0.3) is 0 Å². The second kappa shape index (κ2) is 12.4. The minimum absolute atomic E-state index is 0. The molecular weight excluding hydrogens is 527 g/mol. The lowest BCUT2D eigenvalue weighted by Gasteiger charge is -2.26. The lowest BCUT2D eigenvalue weighted by molar-refractivity contribution is 0.0729. The van der Waals surface area contributed by atoms with Crippen molar-refractivity contribution in [3.05, 3.63) is 71.3 Å². The normalized spacial score (nSPS) is 16.3. The topological polar surface area (TPSA) is 83.0 Å². The van der Waals surface area contributed by atoms with Crippen molar-refractivity contribution in [2.75, 3.05) is 33.4 Å². The molecule has 1 fully saturated rings. The van der Waals surface area contributed by atoms with Crippen LogP contribution in [0.3, 0.4) is 0 Å². The van der Waals surface area contributed by atoms with Crippen LogP contribution in [0.5, 0.6) is 0 Å². The highest BCUT2D eigenvalue weighted by Crippen LogP contribution is 2.17. The predicted molar refractivity (Wildman–Crippen MR) is 135 cm³/mol. The third-order valence-electron chi connectivity index (χ3n) is 5.14. The number of hydrogen-bond donors (Lipinski definition) is 2. The zero-order valence-corrected chi connectivity index (χ0v) is 21.1. The Morgan fingerprint density at radius 2 is 1.68 bits per heavy atom. The minimum atomic E-state index is -3.38. The molecule has 0 spiro atoms. The highest BCUT2D eigenvalue weighted by atomic mass is 127. The van der Waals surface area contributed by atoms with Crippen molar-refractivity contribution in [3.8, 4) is 0 Å². The van der Waals surface area contributed by atoms with Crippen molar-refractivity contribution in [1.82, 2.24) is 14.9 Å². The first-order valence-corrected chi connectivity index (χ1v) is 11.7. The van der Waals surface area contributed by atoms with Gasteiger partial charge < -0.3 is 15.4 Å². The molecule has 3 rings (SSSR count). The summed E-state index contributed by atoms with van der Waals surface area (Å²) in [5.74, 6) is 0.648. The molecule has 0 saturated carbocycles. The van der Waals surface area contributed by atoms with Gasteiger partial charge in [-0.3, -0.25) is 4.99 Å². The molecule has 1 aliphatic rings. The van der Waals surface area contributed by atoms with Crippen LogP contribution in [0.15, 0.2) is 59.6 Å². The van der Waals surface area contributed by atoms with E-state index >= 15 is 0 Å². The van der Waals surface area contributed by atoms with Crippen molar-refractivity contribution in [2.45, 2.75) is 25.3 Å². The van der Waals surface area contributed by atoms with Gasteiger partial charge >= 0.3 is 0 Å². The summed E-state index contributed by atoms with van der Waals surface area (Å²) in [4.78, 5) is 4.30. The zero-order chi connectivity index (χ0) is 21.4. The van der Waals surface area contributed by atoms with E-state index in [9.17, 15) is 8.42 Å². The average Bonchev–Trinajstić information content (AvgIpc) is 2.78. The monoisotopic (exact) mass is 558 g/mol. The van der Waals surface area contributed by atoms with E-state index in [-0.39, 0.29) is 35.8 Å². The summed E-state index contributed by atoms with van der Waals surface area (Å²) in [5.41, 5.74) is 2.89. The van der Waals surface area contributed by atoms with Gasteiger partial charge in [0.1, 0.15) is 0 Å². The van der Waals surface area contributed by atoms with Crippen LogP contribution >= 0.6 is 24.0 Å². The summed E-state index contributed by atoms with van der Waals surface area (Å²) >= 11 is 0. The van der Waals surface area contributed by atoms with E-state index in [2.05, 4.69) is 34.7 Å². The van der Waals surface area contributed by atoms with E-state index in [1.165, 1.54) is 4.31 Å². The van der Waals surface area contributed by atoms with E-state index in [4.69, 9.17) is 4.74 Å². The number of aliphatic imine (C=N–C) groups is 1. The maximum absolute atomic E-state index is 12.8. The number of nitrogens with zero attached hydrogens (tertiary/aromatic N) is 2. The lowest BCUT2D eigenvalue weighted by atomic mass is 10.1. The van der Waals surface area contributed by atoms with Crippen LogP contribution in [0.2, 0.25) is 0 Å². The van der Waals surface area contributed by atoms with Crippen molar-refractivity contribution < 1.29 is 13.2 Å². The van der Waals surface area contributed by atoms with Crippen LogP contribution in [-0.2, 0) is 27.1 Å². The van der Waals surface area contributed by atoms with Crippen molar-refractivity contribution in [2.24, 2.45) is 4.99 Å². The molecule has 9 heteroatoms. The molecule has 1 aliphatic heterocycles. The smallest absolute Gasteiger partial charge is 0.218 e. The number of sulfonamides is 1. The fraction of sp³-hybridized carbons (Fsp3) is 0.409. The Morgan fingerprint density at radius 1 is 1.06 bits per heavy atom. The Hall–Kier alpha value is -1.69. The molecule has 1 unspecified atom stereocenters. The average molecular weight is 558 g/mol. The van der Waals surface area contributed by atoms with Gasteiger partial charge in [-0.1, -0.05) is 54.6 Å². The Kier molecular flexibility index (Phi) is 10.2. The van der Waals surface area contributed by atoms with E-state index in [0.717, 1.165) is 16.7 Å². The number of ether oxygens (including phenoxy) is 1. The summed E-state index contributed by atoms with van der Waals surface area (Å²) in [5, 5.41) is 6.67. The van der Waals surface area contributed by atoms with Crippen LogP contribution in [0.25, 0.3) is 0 Å². The van der Waals surface area contributed by atoms with Crippen LogP contribution in [0, 0.1) is 0 Å². The minimum Gasteiger partial charge on any atom is -0.379 e. The fourth-order valence-corrected chi connectivity index (χ4v) is 4.95. The maximum atomic E-state index is 12.8. The van der Waals surface area contributed by atoms with Crippen LogP contribution in [0.4, 0.5) is 0 Å². The van der Waals surface area contributed by atoms with E-state index in [0.29, 0.717) is 38.8 Å². The second-order valence-electron chi connectivity index (χ2n) is 7.24. The molecule has 170 valence electrons. The van der Waals surface area contributed by atoms with Crippen LogP contribution in [-0.4, -0.2) is 52.0 Å². The van der Waals surface area contributed by atoms with Crippen LogP contribution < -0.4 is 10.6 Å². The number of guanidine groups is 1. The number of nitrogens with one attached hydrogen (secondary N) is 2. The van der Waals surface area contributed by atoms with Crippen molar-refractivity contribution in [3.63, 3.8) is 0 Å². The van der Waals surface area contributed by atoms with Gasteiger partial charge in [0.15, 0.2) is 5.96 Å². The number of hydrogen-bond acceptors (Lipinski definition) is 4. The number of benzene rings is 2. The first kappa shape index (κ1) is 25.6. The van der Waals surface area contributed by atoms with E-state index in [1.807, 2.05) is 42.5 Å². The molecular formula is C22H31IN4O3S. The van der Waals surface area contributed by atoms with E-state index < -0.39 is 10.0 Å². The van der Waals surface area contributed by atoms with Crippen molar-refractivity contribution in [1.29, 1.82) is 0 Å². The van der Waals surface area contributed by atoms with E-state index in [1.54, 1.807) is 7.05 Å². The molecule has 0 aliphatic carbocycles. The maximum Gasteiger partial charge on any atom is 0.218 e. The first-order chi connectivity index (χ1) is 14.5. The summed E-state index contributed by atoms with van der Waals surface area (Å²) in [6.07, 6.45) is 0. The van der Waals surface area contributed by atoms with Gasteiger partial charge in [0.05, 0.1) is 25.0 Å². The van der Waals surface area contributed by atoms with Gasteiger partial charge in [-0.05, 0) is 23.6 Å². The molecule has 7 nitrogen and oxygen atoms in total. The molecule has 1 atom stereocenters. The Balaban J connectivity index is 0.00000341. The molecule has 2 aromatic rings. The van der Waals surface area contributed by atoms with Gasteiger partial charge in [0, 0.05) is 26.7 Å². The summed E-state index contributed by atoms with van der Waals surface area (Å²) in [6.45, 7) is 4.28. The number of morpholine rings is 1. The Bertz CT molecular complexity index is 948. The Labute approximate surface area is 202 Å². The van der Waals surface area contributed by atoms with Gasteiger partial charge in [0.2, 0.25) is 10.0 Å². The molecule has 1 saturated heterocycles. The quantitative estimate of drug-likeness (QED) is 0.311. The summed E-state index contributed by atoms with van der Waals surface area (Å²) < 4.78 is 32.4. The molecule has 31 heavy (non-hydrogen) atoms. The highest BCUT2D eigenvalue weighted by molar-refractivity contribution is 14.0. The largest absolute Gasteiger partial charge is 0.379 e. The summed E-state index contributed by atoms with van der Waals surface area (Å²) in [6, 6.07) is 17.9. The van der Waals surface area contributed by atoms with Crippen LogP contribution in [0.1, 0.15) is 29.7 Å². The molecule has 0 radical (unpaired) electrons. The fourth-order valence-electron chi connectivity index (χ4n) is 3.39. The molecule has 0 aromatic heterocycles. The third-order valence-corrected chi connectivity index (χ3v) is 6.97. The molecule has 2 N–H and O–H groups in total. The van der Waals surface area contributed by atoms with Gasteiger partial charge in [-0.15, -0.1) is 24.0 Å². The molecule has 0 amide bonds. The number of halogens is 1. The standard InChI is InChI=1S/C22H30N4O3S.HI/c1-18(19-8-4-3-5-9-19)25-22(23-2)24-16-20-10-6-7-11-21(20)17-30(27,28)26-12-14-29-15-13-26;/h3-11,18H,12-17H2,1-2H3,(H2,23,24,25);1H. The SMILES string of the molecule is CN=C(NCc1ccccc1CS(=O)(=O)N1CCOCC1)NC(C)c1ccccc1.I. The molecule has 2 aromatic carbocycles. The predicted octanol–water partition coefficient (Wildman–Crippen LogP) is 2.89. The lowest BCUT2D eigenvalue weighted by Crippen LogP contribution is -2.41. The van der Waals surface area contributed by atoms with Crippen molar-refractivity contribution >= 4 is 40.0 Å². The highest BCUT2D eigenvalue weighted by Gasteiger charge is 2.25. The second-order valence-corrected chi connectivity index (χ2v) is 9.21. The van der Waals surface area contributed by atoms with Gasteiger partial charge in [-0.25, -0.2) is 8.42 Å². The third kappa shape index (κ3) is 7.44. The Morgan fingerprint density at radius 3 is 2.32 bits per heavy atom. The summed E-state index contributed by atoms with van der Waals surface area (Å²) in [7, 11) is -1.65. The number of rotatable bonds is 7. The van der Waals surface area contributed by atoms with Gasteiger partial charge in [-0.2, -0.15) is 4.31 Å². The zero-order valence-electron chi connectivity index (χ0n) is 18.0.